The van der Waals surface area contributed by atoms with E-state index in [0.717, 1.165) is 48.3 Å². The fourth-order valence-electron chi connectivity index (χ4n) is 3.69. The fraction of sp³-hybridized carbons (Fsp3) is 0.765. The lowest BCUT2D eigenvalue weighted by atomic mass is 9.82. The zero-order valence-electron chi connectivity index (χ0n) is 13.8. The van der Waals surface area contributed by atoms with E-state index in [9.17, 15) is 0 Å². The van der Waals surface area contributed by atoms with Gasteiger partial charge in [0.25, 0.3) is 0 Å². The van der Waals surface area contributed by atoms with E-state index in [4.69, 9.17) is 0 Å². The molecular weight excluding hydrogens is 260 g/mol. The van der Waals surface area contributed by atoms with E-state index in [1.165, 1.54) is 25.9 Å². The fourth-order valence-corrected chi connectivity index (χ4v) is 3.69. The second-order valence-electron chi connectivity index (χ2n) is 7.19. The summed E-state index contributed by atoms with van der Waals surface area (Å²) < 4.78 is 0. The molecule has 0 spiro atoms. The summed E-state index contributed by atoms with van der Waals surface area (Å²) in [4.78, 5) is 14.3. The minimum absolute atomic E-state index is 0.811. The van der Waals surface area contributed by atoms with Gasteiger partial charge < -0.3 is 4.90 Å². The van der Waals surface area contributed by atoms with Crippen molar-refractivity contribution in [3.8, 4) is 0 Å². The molecule has 4 nitrogen and oxygen atoms in total. The summed E-state index contributed by atoms with van der Waals surface area (Å²) in [6.07, 6.45) is 2.59. The molecule has 0 radical (unpaired) electrons. The third-order valence-electron chi connectivity index (χ3n) is 4.88. The van der Waals surface area contributed by atoms with E-state index in [1.807, 2.05) is 6.07 Å². The van der Waals surface area contributed by atoms with Crippen molar-refractivity contribution in [3.63, 3.8) is 0 Å². The number of nitrogens with zero attached hydrogens (tertiary/aromatic N) is 4. The lowest BCUT2D eigenvalue weighted by molar-refractivity contribution is -0.00105. The summed E-state index contributed by atoms with van der Waals surface area (Å²) in [5.74, 6) is 2.56. The highest BCUT2D eigenvalue weighted by molar-refractivity contribution is 5.34. The molecule has 21 heavy (non-hydrogen) atoms. The van der Waals surface area contributed by atoms with Crippen LogP contribution in [0.15, 0.2) is 6.07 Å². The second-order valence-corrected chi connectivity index (χ2v) is 7.19. The number of anilines is 1. The van der Waals surface area contributed by atoms with E-state index in [2.05, 4.69) is 47.5 Å². The van der Waals surface area contributed by atoms with E-state index in [-0.39, 0.29) is 0 Å². The van der Waals surface area contributed by atoms with Gasteiger partial charge in [0.15, 0.2) is 0 Å². The molecule has 3 rings (SSSR count). The van der Waals surface area contributed by atoms with Crippen molar-refractivity contribution in [2.75, 3.05) is 31.1 Å². The van der Waals surface area contributed by atoms with Crippen LogP contribution in [-0.2, 0) is 0 Å². The molecule has 0 N–H and O–H groups in total. The molecule has 0 unspecified atom stereocenters. The topological polar surface area (TPSA) is 32.3 Å². The van der Waals surface area contributed by atoms with Crippen molar-refractivity contribution in [1.29, 1.82) is 0 Å². The van der Waals surface area contributed by atoms with Crippen molar-refractivity contribution in [2.24, 2.45) is 11.8 Å². The summed E-state index contributed by atoms with van der Waals surface area (Å²) in [6, 6.07) is 2.86. The van der Waals surface area contributed by atoms with E-state index >= 15 is 0 Å². The van der Waals surface area contributed by atoms with Crippen LogP contribution in [0.4, 0.5) is 5.95 Å². The number of aromatic nitrogens is 2. The van der Waals surface area contributed by atoms with Crippen LogP contribution in [0.2, 0.25) is 0 Å². The van der Waals surface area contributed by atoms with E-state index < -0.39 is 0 Å². The zero-order valence-corrected chi connectivity index (χ0v) is 13.8. The molecule has 116 valence electrons. The van der Waals surface area contributed by atoms with Gasteiger partial charge in [-0.05, 0) is 45.2 Å². The highest BCUT2D eigenvalue weighted by atomic mass is 15.3. The van der Waals surface area contributed by atoms with Gasteiger partial charge in [-0.3, -0.25) is 4.90 Å². The van der Waals surface area contributed by atoms with Crippen LogP contribution in [0, 0.1) is 25.7 Å². The van der Waals surface area contributed by atoms with Crippen LogP contribution in [0.25, 0.3) is 0 Å². The molecule has 1 aromatic rings. The first-order valence-corrected chi connectivity index (χ1v) is 8.34. The molecule has 1 aromatic heterocycles. The molecule has 2 aliphatic heterocycles. The highest BCUT2D eigenvalue weighted by Gasteiger charge is 2.42. The molecule has 0 aliphatic carbocycles. The molecule has 4 heteroatoms. The van der Waals surface area contributed by atoms with Crippen LogP contribution in [0.5, 0.6) is 0 Å². The SMILES string of the molecule is Cc1cc(C)nc(N2CC[C@H]3[C@@H](C2)CN3CCC(C)C)n1. The molecular formula is C17H28N4. The summed E-state index contributed by atoms with van der Waals surface area (Å²) >= 11 is 0. The number of likely N-dealkylation sites (tertiary alicyclic amines) is 1. The Bertz CT molecular complexity index is 479. The van der Waals surface area contributed by atoms with Crippen LogP contribution in [-0.4, -0.2) is 47.1 Å². The van der Waals surface area contributed by atoms with Crippen molar-refractivity contribution in [1.82, 2.24) is 14.9 Å². The maximum Gasteiger partial charge on any atom is 0.225 e. The number of piperidine rings is 1. The van der Waals surface area contributed by atoms with Crippen LogP contribution in [0.1, 0.15) is 38.1 Å². The predicted molar refractivity (Wildman–Crippen MR) is 86.6 cm³/mol. The lowest BCUT2D eigenvalue weighted by Gasteiger charge is -2.53. The maximum atomic E-state index is 4.62. The first-order valence-electron chi connectivity index (χ1n) is 8.34. The summed E-state index contributed by atoms with van der Waals surface area (Å²) in [5.41, 5.74) is 2.15. The van der Waals surface area contributed by atoms with Gasteiger partial charge in [0, 0.05) is 43.0 Å². The van der Waals surface area contributed by atoms with E-state index in [0.29, 0.717) is 0 Å². The van der Waals surface area contributed by atoms with Crippen LogP contribution >= 0.6 is 0 Å². The summed E-state index contributed by atoms with van der Waals surface area (Å²) in [5, 5.41) is 0. The Morgan fingerprint density at radius 3 is 2.52 bits per heavy atom. The van der Waals surface area contributed by atoms with Gasteiger partial charge in [0.1, 0.15) is 0 Å². The molecule has 0 aromatic carbocycles. The monoisotopic (exact) mass is 288 g/mol. The molecule has 0 saturated carbocycles. The standard InChI is InChI=1S/C17H28N4/c1-12(2)5-7-20-10-15-11-21(8-6-16(15)20)17-18-13(3)9-14(4)19-17/h9,12,15-16H,5-8,10-11H2,1-4H3/t15-,16+/m1/s1. The third-order valence-corrected chi connectivity index (χ3v) is 4.88. The normalized spacial score (nSPS) is 25.9. The average molecular weight is 288 g/mol. The van der Waals surface area contributed by atoms with Crippen LogP contribution in [0.3, 0.4) is 0 Å². The molecule has 0 amide bonds. The van der Waals surface area contributed by atoms with Gasteiger partial charge in [-0.2, -0.15) is 0 Å². The average Bonchev–Trinajstić information content (AvgIpc) is 2.38. The highest BCUT2D eigenvalue weighted by Crippen LogP contribution is 2.33. The predicted octanol–water partition coefficient (Wildman–Crippen LogP) is 2.65. The minimum Gasteiger partial charge on any atom is -0.340 e. The van der Waals surface area contributed by atoms with Gasteiger partial charge in [0.2, 0.25) is 5.95 Å². The molecule has 2 aliphatic rings. The maximum absolute atomic E-state index is 4.62. The Morgan fingerprint density at radius 2 is 1.90 bits per heavy atom. The third kappa shape index (κ3) is 3.20. The number of hydrogen-bond donors (Lipinski definition) is 0. The Balaban J connectivity index is 1.58. The van der Waals surface area contributed by atoms with E-state index in [1.54, 1.807) is 0 Å². The number of hydrogen-bond acceptors (Lipinski definition) is 4. The van der Waals surface area contributed by atoms with Crippen molar-refractivity contribution >= 4 is 5.95 Å². The summed E-state index contributed by atoms with van der Waals surface area (Å²) in [6.45, 7) is 13.5. The Labute approximate surface area is 128 Å². The number of fused-ring (bicyclic) bond motifs is 1. The molecule has 3 heterocycles. The van der Waals surface area contributed by atoms with Gasteiger partial charge in [-0.25, -0.2) is 9.97 Å². The van der Waals surface area contributed by atoms with Crippen molar-refractivity contribution in [3.05, 3.63) is 17.5 Å². The van der Waals surface area contributed by atoms with Gasteiger partial charge in [-0.15, -0.1) is 0 Å². The van der Waals surface area contributed by atoms with Crippen molar-refractivity contribution in [2.45, 2.75) is 46.6 Å². The van der Waals surface area contributed by atoms with Crippen LogP contribution < -0.4 is 4.90 Å². The number of aryl methyl sites for hydroxylation is 2. The van der Waals surface area contributed by atoms with Gasteiger partial charge >= 0.3 is 0 Å². The molecule has 2 saturated heterocycles. The second kappa shape index (κ2) is 5.91. The minimum atomic E-state index is 0.811. The van der Waals surface area contributed by atoms with Gasteiger partial charge in [-0.1, -0.05) is 13.8 Å². The number of rotatable bonds is 4. The Morgan fingerprint density at radius 1 is 1.19 bits per heavy atom. The lowest BCUT2D eigenvalue weighted by Crippen LogP contribution is -2.63. The molecule has 2 fully saturated rings. The Kier molecular flexibility index (Phi) is 4.16. The smallest absolute Gasteiger partial charge is 0.225 e. The largest absolute Gasteiger partial charge is 0.340 e. The van der Waals surface area contributed by atoms with Crippen molar-refractivity contribution < 1.29 is 0 Å². The first-order chi connectivity index (χ1) is 10.0. The molecule has 2 atom stereocenters. The first kappa shape index (κ1) is 14.8. The van der Waals surface area contributed by atoms with Gasteiger partial charge in [0.05, 0.1) is 0 Å². The Hall–Kier alpha value is -1.16. The quantitative estimate of drug-likeness (QED) is 0.852. The summed E-state index contributed by atoms with van der Waals surface area (Å²) in [7, 11) is 0. The zero-order chi connectivity index (χ0) is 15.0. The molecule has 0 bridgehead atoms.